The van der Waals surface area contributed by atoms with Gasteiger partial charge in [-0.25, -0.2) is 0 Å². The van der Waals surface area contributed by atoms with Crippen LogP contribution in [0.15, 0.2) is 74.3 Å². The molecule has 1 aliphatic rings. The molecule has 1 aliphatic heterocycles. The molecule has 1 unspecified atom stereocenters. The Hall–Kier alpha value is -2.80. The molecule has 0 spiro atoms. The number of rotatable bonds is 3. The van der Waals surface area contributed by atoms with E-state index in [0.29, 0.717) is 38.0 Å². The van der Waals surface area contributed by atoms with Crippen molar-refractivity contribution in [3.8, 4) is 5.75 Å². The minimum Gasteiger partial charge on any atom is -0.497 e. The second-order valence-electron chi connectivity index (χ2n) is 7.27. The van der Waals surface area contributed by atoms with Crippen LogP contribution in [0.4, 0.5) is 5.69 Å². The Morgan fingerprint density at radius 2 is 1.81 bits per heavy atom. The fourth-order valence-electron chi connectivity index (χ4n) is 3.97. The zero-order chi connectivity index (χ0) is 22.6. The number of halogens is 3. The topological polar surface area (TPSA) is 59.8 Å². The molecular formula is C24H14BrCl2NO4. The Kier molecular flexibility index (Phi) is 5.24. The number of ether oxygens (including phenoxy) is 1. The highest BCUT2D eigenvalue weighted by molar-refractivity contribution is 9.10. The first-order chi connectivity index (χ1) is 15.4. The quantitative estimate of drug-likeness (QED) is 0.298. The van der Waals surface area contributed by atoms with Gasteiger partial charge in [0.1, 0.15) is 11.3 Å². The summed E-state index contributed by atoms with van der Waals surface area (Å²) < 4.78 is 12.0. The molecule has 1 amide bonds. The molecule has 0 fully saturated rings. The molecule has 0 saturated carbocycles. The average molecular weight is 531 g/mol. The lowest BCUT2D eigenvalue weighted by molar-refractivity contribution is 0.0971. The van der Waals surface area contributed by atoms with Crippen LogP contribution >= 0.6 is 39.1 Å². The predicted octanol–water partition coefficient (Wildman–Crippen LogP) is 6.62. The zero-order valence-electron chi connectivity index (χ0n) is 16.6. The number of amides is 1. The zero-order valence-corrected chi connectivity index (χ0v) is 19.7. The van der Waals surface area contributed by atoms with Crippen LogP contribution in [0.25, 0.3) is 11.0 Å². The molecule has 2 heterocycles. The minimum atomic E-state index is -0.751. The van der Waals surface area contributed by atoms with Crippen molar-refractivity contribution in [3.05, 3.63) is 102 Å². The maximum atomic E-state index is 13.6. The Labute approximate surface area is 201 Å². The Balaban J connectivity index is 1.82. The van der Waals surface area contributed by atoms with E-state index in [-0.39, 0.29) is 16.8 Å². The number of benzene rings is 3. The van der Waals surface area contributed by atoms with Gasteiger partial charge in [0.25, 0.3) is 5.91 Å². The van der Waals surface area contributed by atoms with Crippen LogP contribution in [0.1, 0.15) is 27.7 Å². The van der Waals surface area contributed by atoms with Gasteiger partial charge in [-0.05, 0) is 48.0 Å². The number of hydrogen-bond acceptors (Lipinski definition) is 4. The first kappa shape index (κ1) is 21.1. The molecule has 4 aromatic rings. The van der Waals surface area contributed by atoms with Gasteiger partial charge in [0.2, 0.25) is 5.76 Å². The lowest BCUT2D eigenvalue weighted by atomic mass is 9.98. The van der Waals surface area contributed by atoms with Crippen molar-refractivity contribution in [1.82, 2.24) is 0 Å². The maximum Gasteiger partial charge on any atom is 0.295 e. The van der Waals surface area contributed by atoms with E-state index in [1.807, 2.05) is 0 Å². The Morgan fingerprint density at radius 3 is 2.56 bits per heavy atom. The van der Waals surface area contributed by atoms with Crippen LogP contribution in [0.2, 0.25) is 10.0 Å². The molecule has 3 aromatic carbocycles. The van der Waals surface area contributed by atoms with Gasteiger partial charge >= 0.3 is 0 Å². The summed E-state index contributed by atoms with van der Waals surface area (Å²) in [7, 11) is 1.55. The molecule has 0 N–H and O–H groups in total. The molecule has 5 rings (SSSR count). The summed E-state index contributed by atoms with van der Waals surface area (Å²) in [5.74, 6) is 0.155. The lowest BCUT2D eigenvalue weighted by Gasteiger charge is -2.25. The summed E-state index contributed by atoms with van der Waals surface area (Å²) in [5.41, 5.74) is 1.50. The first-order valence-electron chi connectivity index (χ1n) is 9.58. The van der Waals surface area contributed by atoms with E-state index in [4.69, 9.17) is 32.4 Å². The van der Waals surface area contributed by atoms with Crippen molar-refractivity contribution < 1.29 is 13.9 Å². The highest BCUT2D eigenvalue weighted by Gasteiger charge is 2.44. The van der Waals surface area contributed by atoms with E-state index < -0.39 is 11.9 Å². The van der Waals surface area contributed by atoms with Crippen LogP contribution in [-0.2, 0) is 0 Å². The van der Waals surface area contributed by atoms with Crippen molar-refractivity contribution in [2.75, 3.05) is 12.0 Å². The molecule has 0 saturated heterocycles. The van der Waals surface area contributed by atoms with E-state index in [9.17, 15) is 9.59 Å². The molecule has 0 radical (unpaired) electrons. The summed E-state index contributed by atoms with van der Waals surface area (Å²) in [6, 6.07) is 16.5. The second-order valence-corrected chi connectivity index (χ2v) is 9.00. The number of nitrogens with zero attached hydrogens (tertiary/aromatic N) is 1. The lowest BCUT2D eigenvalue weighted by Crippen LogP contribution is -2.29. The maximum absolute atomic E-state index is 13.6. The van der Waals surface area contributed by atoms with Crippen molar-refractivity contribution in [2.45, 2.75) is 6.04 Å². The summed E-state index contributed by atoms with van der Waals surface area (Å²) in [5, 5.41) is 1.08. The summed E-state index contributed by atoms with van der Waals surface area (Å²) >= 11 is 15.8. The van der Waals surface area contributed by atoms with Crippen LogP contribution < -0.4 is 15.1 Å². The van der Waals surface area contributed by atoms with Crippen molar-refractivity contribution in [2.24, 2.45) is 0 Å². The molecule has 1 aromatic heterocycles. The van der Waals surface area contributed by atoms with Gasteiger partial charge in [0.15, 0.2) is 5.43 Å². The number of carbonyl (C=O) groups is 1. The molecule has 160 valence electrons. The van der Waals surface area contributed by atoms with E-state index in [1.165, 1.54) is 4.90 Å². The molecular weight excluding hydrogens is 517 g/mol. The van der Waals surface area contributed by atoms with Gasteiger partial charge in [0, 0.05) is 16.2 Å². The largest absolute Gasteiger partial charge is 0.497 e. The molecule has 32 heavy (non-hydrogen) atoms. The van der Waals surface area contributed by atoms with Crippen LogP contribution in [0, 0.1) is 0 Å². The Bertz CT molecular complexity index is 1470. The van der Waals surface area contributed by atoms with E-state index in [0.717, 1.165) is 4.47 Å². The van der Waals surface area contributed by atoms with Gasteiger partial charge < -0.3 is 9.15 Å². The standard InChI is InChI=1S/C24H14BrCl2NO4/c1-31-15-4-2-3-14(11-15)28-21(12-5-7-17(26)18(27)9-12)20-22(29)16-10-13(25)6-8-19(16)32-23(20)24(28)30/h2-11,21H,1H3. The molecule has 8 heteroatoms. The monoisotopic (exact) mass is 529 g/mol. The highest BCUT2D eigenvalue weighted by Crippen LogP contribution is 2.43. The van der Waals surface area contributed by atoms with E-state index in [2.05, 4.69) is 15.9 Å². The van der Waals surface area contributed by atoms with Crippen molar-refractivity contribution in [1.29, 1.82) is 0 Å². The number of fused-ring (bicyclic) bond motifs is 2. The number of methoxy groups -OCH3 is 1. The van der Waals surface area contributed by atoms with E-state index in [1.54, 1.807) is 67.8 Å². The highest BCUT2D eigenvalue weighted by atomic mass is 79.9. The first-order valence-corrected chi connectivity index (χ1v) is 11.1. The average Bonchev–Trinajstić information content (AvgIpc) is 3.09. The van der Waals surface area contributed by atoms with Crippen molar-refractivity contribution in [3.63, 3.8) is 0 Å². The third-order valence-electron chi connectivity index (χ3n) is 5.42. The Morgan fingerprint density at radius 1 is 1.00 bits per heavy atom. The summed E-state index contributed by atoms with van der Waals surface area (Å²) in [4.78, 5) is 28.7. The van der Waals surface area contributed by atoms with E-state index >= 15 is 0 Å². The van der Waals surface area contributed by atoms with Gasteiger partial charge in [-0.3, -0.25) is 14.5 Å². The smallest absolute Gasteiger partial charge is 0.295 e. The van der Waals surface area contributed by atoms with Gasteiger partial charge in [-0.15, -0.1) is 0 Å². The fourth-order valence-corrected chi connectivity index (χ4v) is 4.64. The van der Waals surface area contributed by atoms with Gasteiger partial charge in [0.05, 0.1) is 34.1 Å². The molecule has 5 nitrogen and oxygen atoms in total. The second kappa shape index (κ2) is 7.96. The van der Waals surface area contributed by atoms with Crippen LogP contribution in [0.3, 0.4) is 0 Å². The third kappa shape index (κ3) is 3.30. The fraction of sp³-hybridized carbons (Fsp3) is 0.0833. The third-order valence-corrected chi connectivity index (χ3v) is 6.66. The van der Waals surface area contributed by atoms with Crippen LogP contribution in [0.5, 0.6) is 5.75 Å². The summed E-state index contributed by atoms with van der Waals surface area (Å²) in [6.07, 6.45) is 0. The SMILES string of the molecule is COc1cccc(N2C(=O)c3oc4ccc(Br)cc4c(=O)c3C2c2ccc(Cl)c(Cl)c2)c1. The normalized spacial score (nSPS) is 15.3. The summed E-state index contributed by atoms with van der Waals surface area (Å²) in [6.45, 7) is 0. The number of anilines is 1. The molecule has 0 bridgehead atoms. The van der Waals surface area contributed by atoms with Gasteiger partial charge in [-0.2, -0.15) is 0 Å². The number of carbonyl (C=O) groups excluding carboxylic acids is 1. The number of hydrogen-bond donors (Lipinski definition) is 0. The van der Waals surface area contributed by atoms with Crippen LogP contribution in [-0.4, -0.2) is 13.0 Å². The van der Waals surface area contributed by atoms with Crippen molar-refractivity contribution >= 4 is 61.7 Å². The molecule has 1 atom stereocenters. The minimum absolute atomic E-state index is 0.00344. The predicted molar refractivity (Wildman–Crippen MR) is 128 cm³/mol. The van der Waals surface area contributed by atoms with Gasteiger partial charge in [-0.1, -0.05) is 51.3 Å². The molecule has 0 aliphatic carbocycles.